The summed E-state index contributed by atoms with van der Waals surface area (Å²) in [4.78, 5) is 36.8. The lowest BCUT2D eigenvalue weighted by Crippen LogP contribution is -2.18. The van der Waals surface area contributed by atoms with Crippen molar-refractivity contribution >= 4 is 34.2 Å². The fraction of sp³-hybridized carbons (Fsp3) is 0.269. The Balaban J connectivity index is 1.15. The molecule has 0 fully saturated rings. The number of anilines is 2. The van der Waals surface area contributed by atoms with E-state index in [1.54, 1.807) is 30.7 Å². The van der Waals surface area contributed by atoms with Gasteiger partial charge in [0.2, 0.25) is 22.9 Å². The smallest absolute Gasteiger partial charge is 0.406 e. The molecule has 0 bridgehead atoms. The molecular weight excluding hydrogens is 547 g/mol. The number of nitrogens with one attached hydrogen (secondary N) is 2. The highest BCUT2D eigenvalue weighted by Gasteiger charge is 2.31. The Morgan fingerprint density at radius 1 is 0.850 bits per heavy atom. The Morgan fingerprint density at radius 3 is 2.38 bits per heavy atom. The molecule has 3 heterocycles. The van der Waals surface area contributed by atoms with E-state index in [1.807, 2.05) is 6.07 Å². The van der Waals surface area contributed by atoms with Crippen LogP contribution in [0.1, 0.15) is 34.7 Å². The number of ether oxygens (including phenoxy) is 1. The molecule has 4 rings (SSSR count). The Hall–Kier alpha value is -4.46. The van der Waals surface area contributed by atoms with E-state index in [0.29, 0.717) is 29.2 Å². The third kappa shape index (κ3) is 9.69. The molecule has 0 aliphatic rings. The number of alkyl halides is 3. The van der Waals surface area contributed by atoms with Crippen molar-refractivity contribution in [2.75, 3.05) is 10.6 Å². The summed E-state index contributed by atoms with van der Waals surface area (Å²) in [6.45, 7) is 0. The SMILES string of the molecule is O=C(Cc1cccc(OC(F)(F)F)c1)Nc1ncc(CCCCc2nnc(NC(=O)Cc3ccccn3)s2)cn1. The largest absolute Gasteiger partial charge is 0.573 e. The molecule has 10 nitrogen and oxygen atoms in total. The van der Waals surface area contributed by atoms with Crippen LogP contribution in [-0.2, 0) is 35.3 Å². The van der Waals surface area contributed by atoms with E-state index in [4.69, 9.17) is 0 Å². The maximum absolute atomic E-state index is 12.4. The van der Waals surface area contributed by atoms with E-state index < -0.39 is 18.0 Å². The van der Waals surface area contributed by atoms with Gasteiger partial charge in [-0.3, -0.25) is 19.9 Å². The van der Waals surface area contributed by atoms with Crippen LogP contribution in [0.15, 0.2) is 61.1 Å². The Labute approximate surface area is 231 Å². The normalized spacial score (nSPS) is 11.2. The number of amides is 2. The maximum Gasteiger partial charge on any atom is 0.573 e. The molecule has 0 saturated heterocycles. The number of carbonyl (C=O) groups excluding carboxylic acids is 2. The summed E-state index contributed by atoms with van der Waals surface area (Å²) >= 11 is 1.33. The van der Waals surface area contributed by atoms with Crippen LogP contribution in [0.25, 0.3) is 0 Å². The molecule has 0 aliphatic carbocycles. The van der Waals surface area contributed by atoms with E-state index in [0.717, 1.165) is 35.5 Å². The molecule has 208 valence electrons. The van der Waals surface area contributed by atoms with Crippen LogP contribution in [0.5, 0.6) is 5.75 Å². The van der Waals surface area contributed by atoms with Gasteiger partial charge < -0.3 is 10.1 Å². The molecule has 2 N–H and O–H groups in total. The van der Waals surface area contributed by atoms with Crippen molar-refractivity contribution in [2.45, 2.75) is 44.9 Å². The predicted octanol–water partition coefficient (Wildman–Crippen LogP) is 4.55. The quantitative estimate of drug-likeness (QED) is 0.237. The van der Waals surface area contributed by atoms with Crippen LogP contribution < -0.4 is 15.4 Å². The second-order valence-electron chi connectivity index (χ2n) is 8.59. The van der Waals surface area contributed by atoms with E-state index >= 15 is 0 Å². The fourth-order valence-electron chi connectivity index (χ4n) is 3.60. The van der Waals surface area contributed by atoms with Gasteiger partial charge in [-0.25, -0.2) is 9.97 Å². The van der Waals surface area contributed by atoms with Gasteiger partial charge in [-0.05, 0) is 54.7 Å². The van der Waals surface area contributed by atoms with E-state index in [9.17, 15) is 22.8 Å². The van der Waals surface area contributed by atoms with Gasteiger partial charge >= 0.3 is 6.36 Å². The third-order valence-corrected chi connectivity index (χ3v) is 6.24. The molecule has 0 saturated carbocycles. The molecule has 0 atom stereocenters. The van der Waals surface area contributed by atoms with Crippen molar-refractivity contribution in [1.29, 1.82) is 0 Å². The molecule has 0 unspecified atom stereocenters. The molecule has 3 aromatic heterocycles. The van der Waals surface area contributed by atoms with Gasteiger partial charge in [-0.2, -0.15) is 0 Å². The standard InChI is InChI=1S/C26H24F3N7O3S/c27-26(28,29)39-20-9-5-7-17(12-20)13-21(37)33-24-31-15-18(16-32-24)6-1-2-10-23-35-36-25(40-23)34-22(38)14-19-8-3-4-11-30-19/h3-5,7-9,11-12,15-16H,1-2,6,10,13-14H2,(H,34,36,38)(H,31,32,33,37). The van der Waals surface area contributed by atoms with Crippen molar-refractivity contribution in [2.24, 2.45) is 0 Å². The number of aryl methyl sites for hydroxylation is 2. The number of benzene rings is 1. The Bertz CT molecular complexity index is 1420. The van der Waals surface area contributed by atoms with Gasteiger partial charge in [0.25, 0.3) is 0 Å². The first-order valence-electron chi connectivity index (χ1n) is 12.2. The summed E-state index contributed by atoms with van der Waals surface area (Å²) in [6.07, 6.45) is 3.15. The summed E-state index contributed by atoms with van der Waals surface area (Å²) in [5, 5.41) is 14.7. The Kier molecular flexibility index (Phi) is 9.67. The minimum absolute atomic E-state index is 0.0999. The fourth-order valence-corrected chi connectivity index (χ4v) is 4.39. The molecule has 2 amide bonds. The predicted molar refractivity (Wildman–Crippen MR) is 141 cm³/mol. The van der Waals surface area contributed by atoms with Crippen LogP contribution in [0.2, 0.25) is 0 Å². The van der Waals surface area contributed by atoms with E-state index in [1.165, 1.54) is 23.5 Å². The number of aromatic nitrogens is 5. The second-order valence-corrected chi connectivity index (χ2v) is 9.65. The minimum Gasteiger partial charge on any atom is -0.406 e. The molecular formula is C26H24F3N7O3S. The van der Waals surface area contributed by atoms with Gasteiger partial charge in [0.15, 0.2) is 0 Å². The van der Waals surface area contributed by atoms with Gasteiger partial charge in [0.05, 0.1) is 12.8 Å². The van der Waals surface area contributed by atoms with Crippen molar-refractivity contribution in [1.82, 2.24) is 25.1 Å². The number of pyridine rings is 1. The Morgan fingerprint density at radius 2 is 1.62 bits per heavy atom. The number of hydrogen-bond donors (Lipinski definition) is 2. The van der Waals surface area contributed by atoms with Gasteiger partial charge in [-0.1, -0.05) is 29.5 Å². The number of carbonyl (C=O) groups is 2. The summed E-state index contributed by atoms with van der Waals surface area (Å²) in [6, 6.07) is 10.6. The highest BCUT2D eigenvalue weighted by Crippen LogP contribution is 2.23. The first kappa shape index (κ1) is 28.5. The molecule has 40 heavy (non-hydrogen) atoms. The first-order valence-corrected chi connectivity index (χ1v) is 13.0. The van der Waals surface area contributed by atoms with Crippen molar-refractivity contribution in [3.05, 3.63) is 82.9 Å². The first-order chi connectivity index (χ1) is 19.2. The molecule has 0 spiro atoms. The highest BCUT2D eigenvalue weighted by molar-refractivity contribution is 7.15. The topological polar surface area (TPSA) is 132 Å². The zero-order chi connectivity index (χ0) is 28.4. The molecule has 0 aliphatic heterocycles. The highest BCUT2D eigenvalue weighted by atomic mass is 32.1. The average Bonchev–Trinajstić information content (AvgIpc) is 3.34. The monoisotopic (exact) mass is 571 g/mol. The lowest BCUT2D eigenvalue weighted by molar-refractivity contribution is -0.274. The van der Waals surface area contributed by atoms with Crippen molar-refractivity contribution in [3.63, 3.8) is 0 Å². The van der Waals surface area contributed by atoms with Crippen molar-refractivity contribution < 1.29 is 27.5 Å². The maximum atomic E-state index is 12.4. The zero-order valence-corrected chi connectivity index (χ0v) is 21.8. The lowest BCUT2D eigenvalue weighted by atomic mass is 10.1. The van der Waals surface area contributed by atoms with Crippen LogP contribution in [0.4, 0.5) is 24.3 Å². The van der Waals surface area contributed by atoms with E-state index in [-0.39, 0.29) is 24.7 Å². The van der Waals surface area contributed by atoms with Crippen LogP contribution in [0, 0.1) is 0 Å². The van der Waals surface area contributed by atoms with Gasteiger partial charge in [-0.15, -0.1) is 23.4 Å². The molecule has 4 aromatic rings. The lowest BCUT2D eigenvalue weighted by Gasteiger charge is -2.10. The summed E-state index contributed by atoms with van der Waals surface area (Å²) in [5.74, 6) is -0.969. The summed E-state index contributed by atoms with van der Waals surface area (Å²) in [7, 11) is 0. The molecule has 1 aromatic carbocycles. The number of nitrogens with zero attached hydrogens (tertiary/aromatic N) is 5. The summed E-state index contributed by atoms with van der Waals surface area (Å²) < 4.78 is 41.0. The summed E-state index contributed by atoms with van der Waals surface area (Å²) in [5.41, 5.74) is 1.91. The van der Waals surface area contributed by atoms with E-state index in [2.05, 4.69) is 40.5 Å². The second kappa shape index (κ2) is 13.6. The van der Waals surface area contributed by atoms with Crippen LogP contribution in [-0.4, -0.2) is 43.3 Å². The van der Waals surface area contributed by atoms with Gasteiger partial charge in [0.1, 0.15) is 10.8 Å². The number of hydrogen-bond acceptors (Lipinski definition) is 9. The zero-order valence-electron chi connectivity index (χ0n) is 21.0. The average molecular weight is 572 g/mol. The van der Waals surface area contributed by atoms with Crippen molar-refractivity contribution in [3.8, 4) is 5.75 Å². The minimum atomic E-state index is -4.81. The van der Waals surface area contributed by atoms with Gasteiger partial charge in [0, 0.05) is 30.7 Å². The number of unbranched alkanes of at least 4 members (excludes halogenated alkanes) is 1. The number of halogens is 3. The third-order valence-electron chi connectivity index (χ3n) is 5.34. The van der Waals surface area contributed by atoms with Crippen LogP contribution >= 0.6 is 11.3 Å². The molecule has 0 radical (unpaired) electrons. The van der Waals surface area contributed by atoms with Crippen LogP contribution in [0.3, 0.4) is 0 Å². The molecule has 14 heteroatoms. The number of rotatable bonds is 12.